The van der Waals surface area contributed by atoms with Gasteiger partial charge in [0.1, 0.15) is 10.0 Å². The van der Waals surface area contributed by atoms with E-state index < -0.39 is 10.0 Å². The molecule has 2 aromatic heterocycles. The molecule has 1 saturated heterocycles. The average Bonchev–Trinajstić information content (AvgIpc) is 3.02. The van der Waals surface area contributed by atoms with E-state index in [9.17, 15) is 13.2 Å². The number of thiophene rings is 1. The molecule has 8 heteroatoms. The highest BCUT2D eigenvalue weighted by molar-refractivity contribution is 7.91. The fourth-order valence-electron chi connectivity index (χ4n) is 2.89. The molecule has 1 aliphatic heterocycles. The van der Waals surface area contributed by atoms with Crippen molar-refractivity contribution in [3.63, 3.8) is 0 Å². The summed E-state index contributed by atoms with van der Waals surface area (Å²) in [6.45, 7) is 4.39. The largest absolute Gasteiger partial charge is 0.310 e. The van der Waals surface area contributed by atoms with E-state index in [0.29, 0.717) is 29.4 Å². The molecule has 6 nitrogen and oxygen atoms in total. The van der Waals surface area contributed by atoms with Gasteiger partial charge in [-0.15, -0.1) is 11.3 Å². The van der Waals surface area contributed by atoms with Crippen LogP contribution in [0.4, 0.5) is 5.82 Å². The summed E-state index contributed by atoms with van der Waals surface area (Å²) in [7, 11) is -3.53. The number of carbonyl (C=O) groups excluding carboxylic acids is 1. The average molecular weight is 380 g/mol. The van der Waals surface area contributed by atoms with Crippen molar-refractivity contribution in [2.24, 2.45) is 5.92 Å². The number of aryl methyl sites for hydroxylation is 2. The third-order valence-electron chi connectivity index (χ3n) is 4.20. The van der Waals surface area contributed by atoms with Gasteiger partial charge in [0.05, 0.1) is 5.92 Å². The van der Waals surface area contributed by atoms with Gasteiger partial charge in [0.25, 0.3) is 10.0 Å². The first kappa shape index (κ1) is 18.0. The molecule has 134 valence electrons. The molecule has 2 aromatic rings. The standard InChI is InChI=1S/C17H21N3O3S2/c1-12-5-3-7-15(18-12)19-17(21)14-6-4-10-20(11-14)25(22,23)16-9-8-13(2)24-16/h3,5,7-9,14H,4,6,10-11H2,1-2H3,(H,18,19,21)/t14-/m0/s1. The fourth-order valence-corrected chi connectivity index (χ4v) is 5.86. The second-order valence-corrected chi connectivity index (χ2v) is 9.67. The van der Waals surface area contributed by atoms with Gasteiger partial charge in [-0.3, -0.25) is 4.79 Å². The molecule has 0 radical (unpaired) electrons. The molecule has 0 aromatic carbocycles. The van der Waals surface area contributed by atoms with Crippen LogP contribution in [0.2, 0.25) is 0 Å². The Kier molecular flexibility index (Phi) is 5.21. The molecule has 3 heterocycles. The van der Waals surface area contributed by atoms with E-state index >= 15 is 0 Å². The maximum atomic E-state index is 12.8. The molecule has 0 unspecified atom stereocenters. The molecule has 0 saturated carbocycles. The van der Waals surface area contributed by atoms with Crippen LogP contribution < -0.4 is 5.32 Å². The van der Waals surface area contributed by atoms with E-state index in [4.69, 9.17) is 0 Å². The molecule has 0 bridgehead atoms. The van der Waals surface area contributed by atoms with E-state index in [1.807, 2.05) is 26.0 Å². The number of rotatable bonds is 4. The topological polar surface area (TPSA) is 79.4 Å². The van der Waals surface area contributed by atoms with Crippen LogP contribution in [-0.2, 0) is 14.8 Å². The third kappa shape index (κ3) is 4.08. The molecule has 0 spiro atoms. The first-order valence-electron chi connectivity index (χ1n) is 8.17. The van der Waals surface area contributed by atoms with Crippen molar-refractivity contribution in [3.8, 4) is 0 Å². The van der Waals surface area contributed by atoms with E-state index in [2.05, 4.69) is 10.3 Å². The maximum absolute atomic E-state index is 12.8. The van der Waals surface area contributed by atoms with Crippen LogP contribution in [0, 0.1) is 19.8 Å². The molecule has 3 rings (SSSR count). The van der Waals surface area contributed by atoms with Gasteiger partial charge in [-0.2, -0.15) is 4.31 Å². The predicted octanol–water partition coefficient (Wildman–Crippen LogP) is 2.80. The molecule has 1 amide bonds. The highest BCUT2D eigenvalue weighted by Crippen LogP contribution is 2.28. The Labute approximate surface area is 151 Å². The maximum Gasteiger partial charge on any atom is 0.252 e. The fraction of sp³-hybridized carbons (Fsp3) is 0.412. The summed E-state index contributed by atoms with van der Waals surface area (Å²) in [4.78, 5) is 17.7. The van der Waals surface area contributed by atoms with Gasteiger partial charge in [0, 0.05) is 23.7 Å². The molecule has 1 atom stereocenters. The molecule has 0 aliphatic carbocycles. The van der Waals surface area contributed by atoms with E-state index in [1.165, 1.54) is 15.6 Å². The number of piperidine rings is 1. The lowest BCUT2D eigenvalue weighted by molar-refractivity contribution is -0.120. The molecule has 25 heavy (non-hydrogen) atoms. The summed E-state index contributed by atoms with van der Waals surface area (Å²) in [6, 6.07) is 8.85. The summed E-state index contributed by atoms with van der Waals surface area (Å²) in [6.07, 6.45) is 1.34. The summed E-state index contributed by atoms with van der Waals surface area (Å²) >= 11 is 1.26. The number of nitrogens with one attached hydrogen (secondary N) is 1. The van der Waals surface area contributed by atoms with Crippen LogP contribution >= 0.6 is 11.3 Å². The van der Waals surface area contributed by atoms with E-state index in [0.717, 1.165) is 10.6 Å². The Morgan fingerprint density at radius 3 is 2.76 bits per heavy atom. The Morgan fingerprint density at radius 1 is 1.28 bits per heavy atom. The van der Waals surface area contributed by atoms with Crippen LogP contribution in [0.15, 0.2) is 34.5 Å². The van der Waals surface area contributed by atoms with Gasteiger partial charge in [-0.1, -0.05) is 6.07 Å². The smallest absolute Gasteiger partial charge is 0.252 e. The van der Waals surface area contributed by atoms with Gasteiger partial charge in [0.2, 0.25) is 5.91 Å². The summed E-state index contributed by atoms with van der Waals surface area (Å²) < 4.78 is 27.3. The lowest BCUT2D eigenvalue weighted by Crippen LogP contribution is -2.43. The highest BCUT2D eigenvalue weighted by atomic mass is 32.2. The van der Waals surface area contributed by atoms with Crippen LogP contribution in [0.5, 0.6) is 0 Å². The number of aromatic nitrogens is 1. The van der Waals surface area contributed by atoms with Gasteiger partial charge >= 0.3 is 0 Å². The number of amides is 1. The molecular formula is C17H21N3O3S2. The number of carbonyl (C=O) groups is 1. The molecule has 1 N–H and O–H groups in total. The second kappa shape index (κ2) is 7.23. The van der Waals surface area contributed by atoms with Crippen molar-refractivity contribution in [2.75, 3.05) is 18.4 Å². The Bertz CT molecular complexity index is 877. The minimum absolute atomic E-state index is 0.180. The monoisotopic (exact) mass is 379 g/mol. The zero-order valence-corrected chi connectivity index (χ0v) is 15.9. The van der Waals surface area contributed by atoms with Crippen molar-refractivity contribution in [1.82, 2.24) is 9.29 Å². The number of sulfonamides is 1. The van der Waals surface area contributed by atoms with Crippen molar-refractivity contribution in [1.29, 1.82) is 0 Å². The zero-order valence-electron chi connectivity index (χ0n) is 14.2. The summed E-state index contributed by atoms with van der Waals surface area (Å²) in [5.74, 6) is -0.0499. The predicted molar refractivity (Wildman–Crippen MR) is 98.1 cm³/mol. The third-order valence-corrected chi connectivity index (χ3v) is 7.54. The Morgan fingerprint density at radius 2 is 2.08 bits per heavy atom. The lowest BCUT2D eigenvalue weighted by atomic mass is 9.99. The number of hydrogen-bond acceptors (Lipinski definition) is 5. The van der Waals surface area contributed by atoms with Crippen LogP contribution in [0.25, 0.3) is 0 Å². The minimum Gasteiger partial charge on any atom is -0.310 e. The Balaban J connectivity index is 1.71. The van der Waals surface area contributed by atoms with Gasteiger partial charge < -0.3 is 5.32 Å². The molecule has 1 aliphatic rings. The van der Waals surface area contributed by atoms with Crippen LogP contribution in [0.1, 0.15) is 23.4 Å². The first-order valence-corrected chi connectivity index (χ1v) is 10.4. The SMILES string of the molecule is Cc1cccc(NC(=O)[C@H]2CCCN(S(=O)(=O)c3ccc(C)s3)C2)n1. The van der Waals surface area contributed by atoms with E-state index in [-0.39, 0.29) is 18.4 Å². The highest BCUT2D eigenvalue weighted by Gasteiger charge is 2.34. The normalized spacial score (nSPS) is 18.9. The number of nitrogens with zero attached hydrogens (tertiary/aromatic N) is 2. The van der Waals surface area contributed by atoms with Crippen LogP contribution in [-0.4, -0.2) is 36.7 Å². The number of hydrogen-bond donors (Lipinski definition) is 1. The minimum atomic E-state index is -3.53. The van der Waals surface area contributed by atoms with Crippen molar-refractivity contribution in [3.05, 3.63) is 40.9 Å². The van der Waals surface area contributed by atoms with Crippen LogP contribution in [0.3, 0.4) is 0 Å². The van der Waals surface area contributed by atoms with Gasteiger partial charge in [-0.25, -0.2) is 13.4 Å². The lowest BCUT2D eigenvalue weighted by Gasteiger charge is -2.30. The number of pyridine rings is 1. The molecule has 1 fully saturated rings. The second-order valence-electron chi connectivity index (χ2n) is 6.22. The zero-order chi connectivity index (χ0) is 18.0. The van der Waals surface area contributed by atoms with Gasteiger partial charge in [0.15, 0.2) is 0 Å². The first-order chi connectivity index (χ1) is 11.9. The van der Waals surface area contributed by atoms with E-state index in [1.54, 1.807) is 18.2 Å². The van der Waals surface area contributed by atoms with Crippen molar-refractivity contribution >= 4 is 33.1 Å². The summed E-state index contributed by atoms with van der Waals surface area (Å²) in [5.41, 5.74) is 0.818. The Hall–Kier alpha value is -1.77. The van der Waals surface area contributed by atoms with Crippen molar-refractivity contribution < 1.29 is 13.2 Å². The summed E-state index contributed by atoms with van der Waals surface area (Å²) in [5, 5.41) is 2.80. The number of anilines is 1. The quantitative estimate of drug-likeness (QED) is 0.886. The van der Waals surface area contributed by atoms with Crippen molar-refractivity contribution in [2.45, 2.75) is 30.9 Å². The molecular weight excluding hydrogens is 358 g/mol. The van der Waals surface area contributed by atoms with Gasteiger partial charge in [-0.05, 0) is 51.0 Å².